The number of carboxylic acids is 1. The highest BCUT2D eigenvalue weighted by Crippen LogP contribution is 2.12. The van der Waals surface area contributed by atoms with Gasteiger partial charge in [-0.1, -0.05) is 19.1 Å². The van der Waals surface area contributed by atoms with Crippen LogP contribution in [0.15, 0.2) is 24.3 Å². The molecule has 0 saturated carbocycles. The molecule has 19 heavy (non-hydrogen) atoms. The molecule has 1 aromatic rings. The lowest BCUT2D eigenvalue weighted by molar-refractivity contribution is -0.140. The fraction of sp³-hybridized carbons (Fsp3) is 0.429. The minimum atomic E-state index is -0.969. The summed E-state index contributed by atoms with van der Waals surface area (Å²) >= 11 is 0. The first-order valence-electron chi connectivity index (χ1n) is 6.24. The van der Waals surface area contributed by atoms with E-state index in [1.54, 1.807) is 6.92 Å². The molecule has 0 radical (unpaired) electrons. The number of benzene rings is 1. The summed E-state index contributed by atoms with van der Waals surface area (Å²) in [7, 11) is 0. The van der Waals surface area contributed by atoms with Crippen molar-refractivity contribution in [2.45, 2.75) is 26.8 Å². The maximum absolute atomic E-state index is 11.6. The SMILES string of the molecule is CCOc1ccc(CNC(=O)C(C)CC(=O)O)cc1. The van der Waals surface area contributed by atoms with E-state index in [4.69, 9.17) is 9.84 Å². The van der Waals surface area contributed by atoms with Crippen LogP contribution in [0.4, 0.5) is 0 Å². The van der Waals surface area contributed by atoms with Crippen LogP contribution in [0.1, 0.15) is 25.8 Å². The van der Waals surface area contributed by atoms with Crippen LogP contribution in [0, 0.1) is 5.92 Å². The monoisotopic (exact) mass is 265 g/mol. The first kappa shape index (κ1) is 15.0. The average Bonchev–Trinajstić information content (AvgIpc) is 2.37. The molecule has 0 aliphatic carbocycles. The number of aliphatic carboxylic acids is 1. The number of amides is 1. The van der Waals surface area contributed by atoms with Gasteiger partial charge < -0.3 is 15.2 Å². The second-order valence-corrected chi connectivity index (χ2v) is 4.29. The van der Waals surface area contributed by atoms with E-state index in [9.17, 15) is 9.59 Å². The number of rotatable bonds is 7. The van der Waals surface area contributed by atoms with Gasteiger partial charge in [-0.15, -0.1) is 0 Å². The molecule has 0 saturated heterocycles. The van der Waals surface area contributed by atoms with Crippen molar-refractivity contribution >= 4 is 11.9 Å². The second kappa shape index (κ2) is 7.41. The summed E-state index contributed by atoms with van der Waals surface area (Å²) in [4.78, 5) is 22.1. The Kier molecular flexibility index (Phi) is 5.85. The third-order valence-electron chi connectivity index (χ3n) is 2.63. The summed E-state index contributed by atoms with van der Waals surface area (Å²) in [5, 5.41) is 11.3. The van der Waals surface area contributed by atoms with E-state index >= 15 is 0 Å². The topological polar surface area (TPSA) is 75.6 Å². The first-order valence-corrected chi connectivity index (χ1v) is 6.24. The van der Waals surface area contributed by atoms with Crippen LogP contribution in [0.3, 0.4) is 0 Å². The van der Waals surface area contributed by atoms with Crippen molar-refractivity contribution in [3.05, 3.63) is 29.8 Å². The van der Waals surface area contributed by atoms with Crippen LogP contribution in [0.5, 0.6) is 5.75 Å². The smallest absolute Gasteiger partial charge is 0.304 e. The lowest BCUT2D eigenvalue weighted by atomic mass is 10.1. The van der Waals surface area contributed by atoms with Crippen LogP contribution in [-0.2, 0) is 16.1 Å². The molecule has 1 amide bonds. The highest BCUT2D eigenvalue weighted by molar-refractivity contribution is 5.82. The molecule has 5 nitrogen and oxygen atoms in total. The quantitative estimate of drug-likeness (QED) is 0.788. The zero-order valence-corrected chi connectivity index (χ0v) is 11.2. The maximum atomic E-state index is 11.6. The molecular weight excluding hydrogens is 246 g/mol. The van der Waals surface area contributed by atoms with E-state index in [0.717, 1.165) is 11.3 Å². The number of hydrogen-bond donors (Lipinski definition) is 2. The zero-order chi connectivity index (χ0) is 14.3. The van der Waals surface area contributed by atoms with Gasteiger partial charge in [-0.25, -0.2) is 0 Å². The summed E-state index contributed by atoms with van der Waals surface area (Å²) in [6.45, 7) is 4.51. The molecule has 0 fully saturated rings. The lowest BCUT2D eigenvalue weighted by Crippen LogP contribution is -2.30. The highest BCUT2D eigenvalue weighted by atomic mass is 16.5. The van der Waals surface area contributed by atoms with Crippen molar-refractivity contribution < 1.29 is 19.4 Å². The Morgan fingerprint density at radius 1 is 1.32 bits per heavy atom. The third kappa shape index (κ3) is 5.42. The van der Waals surface area contributed by atoms with E-state index in [-0.39, 0.29) is 12.3 Å². The van der Waals surface area contributed by atoms with Gasteiger partial charge in [-0.05, 0) is 24.6 Å². The Morgan fingerprint density at radius 3 is 2.47 bits per heavy atom. The van der Waals surface area contributed by atoms with Crippen LogP contribution in [-0.4, -0.2) is 23.6 Å². The number of carbonyl (C=O) groups is 2. The van der Waals surface area contributed by atoms with Gasteiger partial charge >= 0.3 is 5.97 Å². The van der Waals surface area contributed by atoms with Crippen LogP contribution in [0.25, 0.3) is 0 Å². The molecule has 5 heteroatoms. The molecule has 1 aromatic carbocycles. The summed E-state index contributed by atoms with van der Waals surface area (Å²) in [5.74, 6) is -0.961. The zero-order valence-electron chi connectivity index (χ0n) is 11.2. The van der Waals surface area contributed by atoms with Gasteiger partial charge in [-0.3, -0.25) is 9.59 Å². The van der Waals surface area contributed by atoms with E-state index in [1.165, 1.54) is 0 Å². The summed E-state index contributed by atoms with van der Waals surface area (Å²) in [6.07, 6.45) is -0.158. The molecule has 0 spiro atoms. The van der Waals surface area contributed by atoms with Gasteiger partial charge in [-0.2, -0.15) is 0 Å². The predicted molar refractivity (Wildman–Crippen MR) is 70.9 cm³/mol. The van der Waals surface area contributed by atoms with E-state index in [2.05, 4.69) is 5.32 Å². The van der Waals surface area contributed by atoms with Gasteiger partial charge in [0.2, 0.25) is 5.91 Å². The summed E-state index contributed by atoms with van der Waals surface area (Å²) < 4.78 is 5.32. The van der Waals surface area contributed by atoms with Crippen molar-refractivity contribution in [2.24, 2.45) is 5.92 Å². The molecule has 0 bridgehead atoms. The largest absolute Gasteiger partial charge is 0.494 e. The Bertz CT molecular complexity index is 428. The normalized spacial score (nSPS) is 11.7. The van der Waals surface area contributed by atoms with Crippen molar-refractivity contribution in [3.8, 4) is 5.75 Å². The molecule has 1 unspecified atom stereocenters. The maximum Gasteiger partial charge on any atom is 0.304 e. The molecule has 2 N–H and O–H groups in total. The van der Waals surface area contributed by atoms with E-state index in [1.807, 2.05) is 31.2 Å². The fourth-order valence-electron chi connectivity index (χ4n) is 1.59. The molecule has 1 rings (SSSR count). The minimum Gasteiger partial charge on any atom is -0.494 e. The van der Waals surface area contributed by atoms with E-state index in [0.29, 0.717) is 13.2 Å². The van der Waals surface area contributed by atoms with Crippen LogP contribution in [0.2, 0.25) is 0 Å². The highest BCUT2D eigenvalue weighted by Gasteiger charge is 2.15. The molecule has 104 valence electrons. The predicted octanol–water partition coefficient (Wildman–Crippen LogP) is 1.81. The van der Waals surface area contributed by atoms with Gasteiger partial charge in [0.15, 0.2) is 0 Å². The number of carbonyl (C=O) groups excluding carboxylic acids is 1. The van der Waals surface area contributed by atoms with Crippen molar-refractivity contribution in [2.75, 3.05) is 6.61 Å². The van der Waals surface area contributed by atoms with Gasteiger partial charge in [0.1, 0.15) is 5.75 Å². The molecule has 1 atom stereocenters. The fourth-order valence-corrected chi connectivity index (χ4v) is 1.59. The molecule has 0 aromatic heterocycles. The Morgan fingerprint density at radius 2 is 1.95 bits per heavy atom. The standard InChI is InChI=1S/C14H19NO4/c1-3-19-12-6-4-11(5-7-12)9-15-14(18)10(2)8-13(16)17/h4-7,10H,3,8-9H2,1-2H3,(H,15,18)(H,16,17). The van der Waals surface area contributed by atoms with Gasteiger partial charge in [0.25, 0.3) is 0 Å². The van der Waals surface area contributed by atoms with E-state index < -0.39 is 11.9 Å². The number of hydrogen-bond acceptors (Lipinski definition) is 3. The average molecular weight is 265 g/mol. The van der Waals surface area contributed by atoms with Gasteiger partial charge in [0, 0.05) is 12.5 Å². The third-order valence-corrected chi connectivity index (χ3v) is 2.63. The molecular formula is C14H19NO4. The number of carboxylic acid groups (broad SMARTS) is 1. The Balaban J connectivity index is 2.43. The summed E-state index contributed by atoms with van der Waals surface area (Å²) in [6, 6.07) is 7.41. The van der Waals surface area contributed by atoms with Crippen molar-refractivity contribution in [3.63, 3.8) is 0 Å². The number of ether oxygens (including phenoxy) is 1. The Hall–Kier alpha value is -2.04. The number of nitrogens with one attached hydrogen (secondary N) is 1. The van der Waals surface area contributed by atoms with Crippen LogP contribution >= 0.6 is 0 Å². The Labute approximate surface area is 112 Å². The lowest BCUT2D eigenvalue weighted by Gasteiger charge is -2.10. The van der Waals surface area contributed by atoms with Gasteiger partial charge in [0.05, 0.1) is 13.0 Å². The second-order valence-electron chi connectivity index (χ2n) is 4.29. The summed E-state index contributed by atoms with van der Waals surface area (Å²) in [5.41, 5.74) is 0.944. The minimum absolute atomic E-state index is 0.158. The van der Waals surface area contributed by atoms with Crippen molar-refractivity contribution in [1.29, 1.82) is 0 Å². The van der Waals surface area contributed by atoms with Crippen molar-refractivity contribution in [1.82, 2.24) is 5.32 Å². The molecule has 0 aliphatic heterocycles. The molecule has 0 heterocycles. The first-order chi connectivity index (χ1) is 9.02. The molecule has 0 aliphatic rings. The van der Waals surface area contributed by atoms with Crippen LogP contribution < -0.4 is 10.1 Å².